The number of anilines is 1. The van der Waals surface area contributed by atoms with E-state index in [0.29, 0.717) is 10.2 Å². The van der Waals surface area contributed by atoms with E-state index in [1.807, 2.05) is 0 Å². The van der Waals surface area contributed by atoms with Crippen molar-refractivity contribution in [3.63, 3.8) is 0 Å². The quantitative estimate of drug-likeness (QED) is 0.912. The summed E-state index contributed by atoms with van der Waals surface area (Å²) in [6.07, 6.45) is 1.74. The Labute approximate surface area is 118 Å². The summed E-state index contributed by atoms with van der Waals surface area (Å²) in [6.45, 7) is 0. The van der Waals surface area contributed by atoms with Gasteiger partial charge in [0.2, 0.25) is 0 Å². The highest BCUT2D eigenvalue weighted by Crippen LogP contribution is 2.22. The van der Waals surface area contributed by atoms with Crippen LogP contribution in [-0.2, 0) is 7.05 Å². The summed E-state index contributed by atoms with van der Waals surface area (Å²) >= 11 is 3.25. The SMILES string of the molecule is Cn1cccc1C(=O)Nc1cc(Br)ccc1C(=O)O. The number of nitrogens with one attached hydrogen (secondary N) is 1. The van der Waals surface area contributed by atoms with Crippen LogP contribution in [-0.4, -0.2) is 21.6 Å². The van der Waals surface area contributed by atoms with Crippen molar-refractivity contribution in [1.29, 1.82) is 0 Å². The van der Waals surface area contributed by atoms with Gasteiger partial charge in [0.05, 0.1) is 11.3 Å². The maximum absolute atomic E-state index is 12.0. The minimum atomic E-state index is -1.09. The maximum atomic E-state index is 12.0. The summed E-state index contributed by atoms with van der Waals surface area (Å²) in [4.78, 5) is 23.1. The van der Waals surface area contributed by atoms with Crippen molar-refractivity contribution in [2.45, 2.75) is 0 Å². The summed E-state index contributed by atoms with van der Waals surface area (Å²) in [5, 5.41) is 11.7. The fourth-order valence-electron chi connectivity index (χ4n) is 1.69. The molecule has 2 N–H and O–H groups in total. The number of aromatic nitrogens is 1. The van der Waals surface area contributed by atoms with Crippen LogP contribution in [0.3, 0.4) is 0 Å². The first kappa shape index (κ1) is 13.4. The van der Waals surface area contributed by atoms with E-state index in [4.69, 9.17) is 5.11 Å². The van der Waals surface area contributed by atoms with Crippen LogP contribution in [0.5, 0.6) is 0 Å². The lowest BCUT2D eigenvalue weighted by Gasteiger charge is -2.09. The molecule has 1 aromatic carbocycles. The molecule has 1 heterocycles. The average Bonchev–Trinajstić information content (AvgIpc) is 2.75. The van der Waals surface area contributed by atoms with E-state index in [0.717, 1.165) is 0 Å². The molecular weight excluding hydrogens is 312 g/mol. The van der Waals surface area contributed by atoms with Gasteiger partial charge in [-0.2, -0.15) is 0 Å². The van der Waals surface area contributed by atoms with Gasteiger partial charge in [0.25, 0.3) is 5.91 Å². The topological polar surface area (TPSA) is 71.3 Å². The molecule has 19 heavy (non-hydrogen) atoms. The van der Waals surface area contributed by atoms with Crippen LogP contribution in [0.2, 0.25) is 0 Å². The van der Waals surface area contributed by atoms with Crippen molar-refractivity contribution in [3.05, 3.63) is 52.3 Å². The molecule has 0 fully saturated rings. The molecule has 5 nitrogen and oxygen atoms in total. The van der Waals surface area contributed by atoms with E-state index in [9.17, 15) is 9.59 Å². The van der Waals surface area contributed by atoms with Crippen molar-refractivity contribution in [3.8, 4) is 0 Å². The maximum Gasteiger partial charge on any atom is 0.337 e. The molecular formula is C13H11BrN2O3. The summed E-state index contributed by atoms with van der Waals surface area (Å²) in [7, 11) is 1.74. The summed E-state index contributed by atoms with van der Waals surface area (Å²) in [5.41, 5.74) is 0.759. The Morgan fingerprint density at radius 1 is 1.32 bits per heavy atom. The predicted octanol–water partition coefficient (Wildman–Crippen LogP) is 2.74. The zero-order valence-electron chi connectivity index (χ0n) is 10.1. The lowest BCUT2D eigenvalue weighted by molar-refractivity contribution is 0.0698. The van der Waals surface area contributed by atoms with Gasteiger partial charge in [-0.25, -0.2) is 4.79 Å². The molecule has 0 aliphatic rings. The van der Waals surface area contributed by atoms with E-state index < -0.39 is 5.97 Å². The highest BCUT2D eigenvalue weighted by molar-refractivity contribution is 9.10. The van der Waals surface area contributed by atoms with E-state index in [-0.39, 0.29) is 17.2 Å². The molecule has 0 atom stereocenters. The van der Waals surface area contributed by atoms with Gasteiger partial charge < -0.3 is 15.0 Å². The number of carbonyl (C=O) groups excluding carboxylic acids is 1. The van der Waals surface area contributed by atoms with Gasteiger partial charge in [-0.1, -0.05) is 15.9 Å². The number of hydrogen-bond acceptors (Lipinski definition) is 2. The van der Waals surface area contributed by atoms with Crippen molar-refractivity contribution < 1.29 is 14.7 Å². The zero-order chi connectivity index (χ0) is 14.0. The van der Waals surface area contributed by atoms with Gasteiger partial charge in [-0.15, -0.1) is 0 Å². The second-order valence-electron chi connectivity index (χ2n) is 3.95. The third-order valence-electron chi connectivity index (χ3n) is 2.64. The van der Waals surface area contributed by atoms with E-state index in [1.54, 1.807) is 42.1 Å². The Hall–Kier alpha value is -2.08. The Balaban J connectivity index is 2.33. The number of aromatic carboxylic acids is 1. The molecule has 2 rings (SSSR count). The molecule has 0 aliphatic carbocycles. The van der Waals surface area contributed by atoms with Crippen molar-refractivity contribution in [2.75, 3.05) is 5.32 Å². The smallest absolute Gasteiger partial charge is 0.337 e. The van der Waals surface area contributed by atoms with Crippen molar-refractivity contribution in [2.24, 2.45) is 7.05 Å². The summed E-state index contributed by atoms with van der Waals surface area (Å²) in [5.74, 6) is -1.44. The van der Waals surface area contributed by atoms with E-state index in [1.165, 1.54) is 6.07 Å². The number of benzene rings is 1. The van der Waals surface area contributed by atoms with Crippen LogP contribution in [0, 0.1) is 0 Å². The number of carbonyl (C=O) groups is 2. The largest absolute Gasteiger partial charge is 0.478 e. The predicted molar refractivity (Wildman–Crippen MR) is 74.5 cm³/mol. The number of nitrogens with zero attached hydrogens (tertiary/aromatic N) is 1. The number of carboxylic acid groups (broad SMARTS) is 1. The Morgan fingerprint density at radius 3 is 2.63 bits per heavy atom. The third kappa shape index (κ3) is 2.85. The van der Waals surface area contributed by atoms with Gasteiger partial charge >= 0.3 is 5.97 Å². The highest BCUT2D eigenvalue weighted by Gasteiger charge is 2.15. The summed E-state index contributed by atoms with van der Waals surface area (Å²) in [6, 6.07) is 8.01. The molecule has 0 bridgehead atoms. The van der Waals surface area contributed by atoms with Gasteiger partial charge in [-0.3, -0.25) is 4.79 Å². The molecule has 2 aromatic rings. The van der Waals surface area contributed by atoms with Gasteiger partial charge in [0.15, 0.2) is 0 Å². The third-order valence-corrected chi connectivity index (χ3v) is 3.13. The van der Waals surface area contributed by atoms with Gasteiger partial charge in [0.1, 0.15) is 5.69 Å². The monoisotopic (exact) mass is 322 g/mol. The van der Waals surface area contributed by atoms with E-state index in [2.05, 4.69) is 21.2 Å². The molecule has 0 radical (unpaired) electrons. The molecule has 98 valence electrons. The lowest BCUT2D eigenvalue weighted by atomic mass is 10.2. The van der Waals surface area contributed by atoms with Crippen LogP contribution >= 0.6 is 15.9 Å². The molecule has 0 unspecified atom stereocenters. The fourth-order valence-corrected chi connectivity index (χ4v) is 2.05. The number of aryl methyl sites for hydroxylation is 1. The fraction of sp³-hybridized carbons (Fsp3) is 0.0769. The first-order valence-electron chi connectivity index (χ1n) is 5.44. The Morgan fingerprint density at radius 2 is 2.05 bits per heavy atom. The number of amides is 1. The average molecular weight is 323 g/mol. The molecule has 0 aliphatic heterocycles. The van der Waals surface area contributed by atoms with Crippen LogP contribution in [0.25, 0.3) is 0 Å². The van der Waals surface area contributed by atoms with Crippen LogP contribution < -0.4 is 5.32 Å². The minimum Gasteiger partial charge on any atom is -0.478 e. The van der Waals surface area contributed by atoms with Crippen LogP contribution in [0.1, 0.15) is 20.8 Å². The molecule has 0 saturated carbocycles. The lowest BCUT2D eigenvalue weighted by Crippen LogP contribution is -2.17. The number of hydrogen-bond donors (Lipinski definition) is 2. The van der Waals surface area contributed by atoms with Crippen LogP contribution in [0.4, 0.5) is 5.69 Å². The standard InChI is InChI=1S/C13H11BrN2O3/c1-16-6-2-3-11(16)12(17)15-10-7-8(14)4-5-9(10)13(18)19/h2-7H,1H3,(H,15,17)(H,18,19). The van der Waals surface area contributed by atoms with Gasteiger partial charge in [0, 0.05) is 17.7 Å². The molecule has 0 saturated heterocycles. The molecule has 0 spiro atoms. The van der Waals surface area contributed by atoms with Gasteiger partial charge in [-0.05, 0) is 30.3 Å². The Kier molecular flexibility index (Phi) is 3.71. The molecule has 6 heteroatoms. The van der Waals surface area contributed by atoms with E-state index >= 15 is 0 Å². The number of rotatable bonds is 3. The number of carboxylic acids is 1. The second-order valence-corrected chi connectivity index (χ2v) is 4.87. The van der Waals surface area contributed by atoms with Crippen molar-refractivity contribution >= 4 is 33.5 Å². The zero-order valence-corrected chi connectivity index (χ0v) is 11.6. The highest BCUT2D eigenvalue weighted by atomic mass is 79.9. The Bertz CT molecular complexity index is 649. The first-order chi connectivity index (χ1) is 8.99. The summed E-state index contributed by atoms with van der Waals surface area (Å²) < 4.78 is 2.35. The second kappa shape index (κ2) is 5.27. The molecule has 1 aromatic heterocycles. The normalized spacial score (nSPS) is 10.2. The van der Waals surface area contributed by atoms with Crippen molar-refractivity contribution in [1.82, 2.24) is 4.57 Å². The first-order valence-corrected chi connectivity index (χ1v) is 6.24. The molecule has 1 amide bonds. The van der Waals surface area contributed by atoms with Crippen LogP contribution in [0.15, 0.2) is 41.0 Å². The number of halogens is 1. The minimum absolute atomic E-state index is 0.0470.